The summed E-state index contributed by atoms with van der Waals surface area (Å²) >= 11 is 5.89. The van der Waals surface area contributed by atoms with Crippen molar-refractivity contribution < 1.29 is 9.59 Å². The first kappa shape index (κ1) is 14.3. The molecule has 1 aromatic carbocycles. The van der Waals surface area contributed by atoms with Gasteiger partial charge in [0, 0.05) is 23.0 Å². The third-order valence-electron chi connectivity index (χ3n) is 3.37. The Morgan fingerprint density at radius 3 is 2.64 bits per heavy atom. The van der Waals surface area contributed by atoms with Crippen LogP contribution in [0.3, 0.4) is 0 Å². The average Bonchev–Trinajstić information content (AvgIpc) is 2.75. The van der Waals surface area contributed by atoms with Crippen molar-refractivity contribution in [3.8, 4) is 0 Å². The Hall–Kier alpha value is -2.66. The van der Waals surface area contributed by atoms with Gasteiger partial charge in [0.25, 0.3) is 5.91 Å². The maximum Gasteiger partial charge on any atom is 0.259 e. The zero-order chi connectivity index (χ0) is 15.7. The molecule has 3 rings (SSSR count). The van der Waals surface area contributed by atoms with E-state index < -0.39 is 0 Å². The number of nitrogens with zero attached hydrogens (tertiary/aromatic N) is 2. The molecule has 1 aliphatic heterocycles. The van der Waals surface area contributed by atoms with E-state index in [0.717, 1.165) is 5.56 Å². The fourth-order valence-electron chi connectivity index (χ4n) is 2.31. The Kier molecular flexibility index (Phi) is 3.65. The van der Waals surface area contributed by atoms with E-state index in [1.165, 1.54) is 11.1 Å². The van der Waals surface area contributed by atoms with Gasteiger partial charge in [-0.15, -0.1) is 0 Å². The highest BCUT2D eigenvalue weighted by molar-refractivity contribution is 6.32. The number of anilines is 1. The van der Waals surface area contributed by atoms with Crippen molar-refractivity contribution in [2.75, 3.05) is 11.9 Å². The summed E-state index contributed by atoms with van der Waals surface area (Å²) in [5.41, 5.74) is 2.23. The number of nitrogens with one attached hydrogen (secondary N) is 1. The van der Waals surface area contributed by atoms with Gasteiger partial charge in [0.1, 0.15) is 6.54 Å². The monoisotopic (exact) mass is 313 g/mol. The molecule has 1 aromatic heterocycles. The van der Waals surface area contributed by atoms with Gasteiger partial charge in [0.15, 0.2) is 5.15 Å². The van der Waals surface area contributed by atoms with Crippen LogP contribution in [0.25, 0.3) is 5.70 Å². The molecule has 2 amide bonds. The lowest BCUT2D eigenvalue weighted by atomic mass is 10.1. The van der Waals surface area contributed by atoms with E-state index in [4.69, 9.17) is 11.6 Å². The lowest BCUT2D eigenvalue weighted by Crippen LogP contribution is -2.32. The fraction of sp³-hybridized carbons (Fsp3) is 0.0625. The predicted molar refractivity (Wildman–Crippen MR) is 84.4 cm³/mol. The summed E-state index contributed by atoms with van der Waals surface area (Å²) < 4.78 is 0. The molecule has 1 aliphatic rings. The minimum Gasteiger partial charge on any atom is -0.322 e. The summed E-state index contributed by atoms with van der Waals surface area (Å²) in [5, 5.41) is 2.84. The quantitative estimate of drug-likeness (QED) is 0.886. The second-order valence-electron chi connectivity index (χ2n) is 4.77. The number of carbonyl (C=O) groups is 2. The fourth-order valence-corrected chi connectivity index (χ4v) is 2.48. The highest BCUT2D eigenvalue weighted by atomic mass is 35.5. The van der Waals surface area contributed by atoms with E-state index in [1.54, 1.807) is 24.3 Å². The van der Waals surface area contributed by atoms with Crippen molar-refractivity contribution in [1.82, 2.24) is 9.88 Å². The Labute approximate surface area is 132 Å². The summed E-state index contributed by atoms with van der Waals surface area (Å²) in [7, 11) is 0. The SMILES string of the molecule is C=C1c2ccccc2C(=O)N1CC(=O)Nc1cccnc1Cl. The number of benzene rings is 1. The van der Waals surface area contributed by atoms with Crippen LogP contribution in [-0.4, -0.2) is 28.2 Å². The van der Waals surface area contributed by atoms with Gasteiger partial charge in [0.05, 0.1) is 5.69 Å². The average molecular weight is 314 g/mol. The highest BCUT2D eigenvalue weighted by Crippen LogP contribution is 2.30. The molecule has 0 radical (unpaired) electrons. The van der Waals surface area contributed by atoms with Crippen LogP contribution in [0.5, 0.6) is 0 Å². The molecule has 0 saturated heterocycles. The molecule has 0 unspecified atom stereocenters. The molecule has 0 bridgehead atoms. The summed E-state index contributed by atoms with van der Waals surface area (Å²) in [4.78, 5) is 29.7. The number of hydrogen-bond donors (Lipinski definition) is 1. The molecule has 0 fully saturated rings. The number of fused-ring (bicyclic) bond motifs is 1. The van der Waals surface area contributed by atoms with Crippen LogP contribution in [0.15, 0.2) is 49.2 Å². The van der Waals surface area contributed by atoms with E-state index in [0.29, 0.717) is 16.9 Å². The Bertz CT molecular complexity index is 753. The smallest absolute Gasteiger partial charge is 0.259 e. The second kappa shape index (κ2) is 5.61. The molecule has 2 heterocycles. The predicted octanol–water partition coefficient (Wildman–Crippen LogP) is 2.80. The molecule has 0 spiro atoms. The summed E-state index contributed by atoms with van der Waals surface area (Å²) in [6, 6.07) is 10.4. The first-order valence-corrected chi connectivity index (χ1v) is 6.96. The van der Waals surface area contributed by atoms with Gasteiger partial charge in [-0.1, -0.05) is 36.4 Å². The van der Waals surface area contributed by atoms with Gasteiger partial charge < -0.3 is 5.32 Å². The molecule has 5 nitrogen and oxygen atoms in total. The molecule has 6 heteroatoms. The van der Waals surface area contributed by atoms with Crippen LogP contribution in [0, 0.1) is 0 Å². The highest BCUT2D eigenvalue weighted by Gasteiger charge is 2.31. The normalized spacial score (nSPS) is 13.2. The standard InChI is InChI=1S/C16H12ClN3O2/c1-10-11-5-2-3-6-12(11)16(22)20(10)9-14(21)19-13-7-4-8-18-15(13)17/h2-8H,1,9H2,(H,19,21). The third-order valence-corrected chi connectivity index (χ3v) is 3.68. The van der Waals surface area contributed by atoms with E-state index in [9.17, 15) is 9.59 Å². The number of amides is 2. The molecule has 1 N–H and O–H groups in total. The first-order valence-electron chi connectivity index (χ1n) is 6.58. The zero-order valence-corrected chi connectivity index (χ0v) is 12.3. The van der Waals surface area contributed by atoms with Crippen LogP contribution in [-0.2, 0) is 4.79 Å². The maximum absolute atomic E-state index is 12.3. The number of rotatable bonds is 3. The van der Waals surface area contributed by atoms with Crippen molar-refractivity contribution in [2.24, 2.45) is 0 Å². The molecule has 110 valence electrons. The number of halogens is 1. The molecular formula is C16H12ClN3O2. The van der Waals surface area contributed by atoms with Crippen molar-refractivity contribution in [3.05, 3.63) is 65.5 Å². The Balaban J connectivity index is 1.75. The van der Waals surface area contributed by atoms with E-state index in [1.807, 2.05) is 12.1 Å². The molecular weight excluding hydrogens is 302 g/mol. The molecule has 2 aromatic rings. The van der Waals surface area contributed by atoms with Crippen molar-refractivity contribution in [1.29, 1.82) is 0 Å². The summed E-state index contributed by atoms with van der Waals surface area (Å²) in [5.74, 6) is -0.592. The van der Waals surface area contributed by atoms with Gasteiger partial charge in [-0.25, -0.2) is 4.98 Å². The van der Waals surface area contributed by atoms with Crippen LogP contribution in [0.2, 0.25) is 5.15 Å². The first-order chi connectivity index (χ1) is 10.6. The Morgan fingerprint density at radius 1 is 1.23 bits per heavy atom. The second-order valence-corrected chi connectivity index (χ2v) is 5.13. The number of pyridine rings is 1. The topological polar surface area (TPSA) is 62.3 Å². The number of aromatic nitrogens is 1. The summed E-state index contributed by atoms with van der Waals surface area (Å²) in [6.45, 7) is 3.76. The van der Waals surface area contributed by atoms with Gasteiger partial charge in [0.2, 0.25) is 5.91 Å². The number of hydrogen-bond acceptors (Lipinski definition) is 3. The Morgan fingerprint density at radius 2 is 1.95 bits per heavy atom. The molecule has 22 heavy (non-hydrogen) atoms. The van der Waals surface area contributed by atoms with E-state index >= 15 is 0 Å². The van der Waals surface area contributed by atoms with Crippen LogP contribution >= 0.6 is 11.6 Å². The van der Waals surface area contributed by atoms with Crippen LogP contribution in [0.4, 0.5) is 5.69 Å². The maximum atomic E-state index is 12.3. The number of carbonyl (C=O) groups excluding carboxylic acids is 2. The molecule has 0 atom stereocenters. The minimum atomic E-state index is -0.364. The zero-order valence-electron chi connectivity index (χ0n) is 11.5. The third kappa shape index (κ3) is 2.46. The van der Waals surface area contributed by atoms with Gasteiger partial charge in [-0.2, -0.15) is 0 Å². The minimum absolute atomic E-state index is 0.127. The van der Waals surface area contributed by atoms with Crippen LogP contribution < -0.4 is 5.32 Å². The van der Waals surface area contributed by atoms with E-state index in [-0.39, 0.29) is 23.5 Å². The van der Waals surface area contributed by atoms with Gasteiger partial charge in [-0.05, 0) is 18.2 Å². The van der Waals surface area contributed by atoms with E-state index in [2.05, 4.69) is 16.9 Å². The lowest BCUT2D eigenvalue weighted by molar-refractivity contribution is -0.116. The lowest BCUT2D eigenvalue weighted by Gasteiger charge is -2.17. The van der Waals surface area contributed by atoms with Crippen molar-refractivity contribution in [2.45, 2.75) is 0 Å². The van der Waals surface area contributed by atoms with Gasteiger partial charge in [-0.3, -0.25) is 14.5 Å². The largest absolute Gasteiger partial charge is 0.322 e. The summed E-state index contributed by atoms with van der Waals surface area (Å²) in [6.07, 6.45) is 1.53. The van der Waals surface area contributed by atoms with Gasteiger partial charge >= 0.3 is 0 Å². The van der Waals surface area contributed by atoms with Crippen LogP contribution in [0.1, 0.15) is 15.9 Å². The van der Waals surface area contributed by atoms with Crippen molar-refractivity contribution in [3.63, 3.8) is 0 Å². The molecule has 0 saturated carbocycles. The van der Waals surface area contributed by atoms with Crippen molar-refractivity contribution >= 4 is 34.8 Å². The molecule has 0 aliphatic carbocycles.